The highest BCUT2D eigenvalue weighted by Gasteiger charge is 2.26. The lowest BCUT2D eigenvalue weighted by Gasteiger charge is -2.32. The van der Waals surface area contributed by atoms with Gasteiger partial charge < -0.3 is 4.90 Å². The molecular formula is C30H51N. The van der Waals surface area contributed by atoms with Gasteiger partial charge in [-0.25, -0.2) is 0 Å². The predicted octanol–water partition coefficient (Wildman–Crippen LogP) is 9.12. The van der Waals surface area contributed by atoms with Gasteiger partial charge in [-0.1, -0.05) is 84.3 Å². The molecule has 31 heavy (non-hydrogen) atoms. The van der Waals surface area contributed by atoms with Gasteiger partial charge in [-0.3, -0.25) is 0 Å². The summed E-state index contributed by atoms with van der Waals surface area (Å²) >= 11 is 0. The van der Waals surface area contributed by atoms with Gasteiger partial charge in [0.2, 0.25) is 0 Å². The average molecular weight is 426 g/mol. The van der Waals surface area contributed by atoms with E-state index in [9.17, 15) is 0 Å². The minimum atomic E-state index is 0. The van der Waals surface area contributed by atoms with Crippen molar-refractivity contribution in [2.75, 3.05) is 13.1 Å². The topological polar surface area (TPSA) is 3.24 Å². The van der Waals surface area contributed by atoms with Crippen molar-refractivity contribution < 1.29 is 0 Å². The largest absolute Gasteiger partial charge is 0.374 e. The zero-order chi connectivity index (χ0) is 21.6. The molecule has 0 saturated heterocycles. The molecule has 0 aromatic carbocycles. The van der Waals surface area contributed by atoms with Crippen molar-refractivity contribution in [3.8, 4) is 12.3 Å². The first kappa shape index (κ1) is 31.2. The van der Waals surface area contributed by atoms with E-state index in [0.29, 0.717) is 5.92 Å². The molecule has 2 atom stereocenters. The van der Waals surface area contributed by atoms with Crippen molar-refractivity contribution in [1.82, 2.24) is 4.90 Å². The minimum Gasteiger partial charge on any atom is -0.374 e. The molecule has 0 spiro atoms. The van der Waals surface area contributed by atoms with Crippen LogP contribution in [0.25, 0.3) is 0 Å². The Labute approximate surface area is 196 Å². The van der Waals surface area contributed by atoms with E-state index >= 15 is 0 Å². The number of hydrogen-bond donors (Lipinski definition) is 0. The maximum atomic E-state index is 5.28. The van der Waals surface area contributed by atoms with Crippen LogP contribution in [-0.4, -0.2) is 18.0 Å². The summed E-state index contributed by atoms with van der Waals surface area (Å²) in [5.74, 6) is 3.92. The highest BCUT2D eigenvalue weighted by Crippen LogP contribution is 2.39. The summed E-state index contributed by atoms with van der Waals surface area (Å²) in [4.78, 5) is 2.66. The molecule has 1 nitrogen and oxygen atoms in total. The number of hydrogen-bond acceptors (Lipinski definition) is 1. The summed E-state index contributed by atoms with van der Waals surface area (Å²) in [6.45, 7) is 17.4. The standard InChI is InChI=1S/C17H31N.C11H12.2CH4/c1-5-9-14-18(13-7-3)17(16-11-12-16)15(8-4)10-6-2;1-4-11-6-5-9(2)7-10(3)8-11;;/h5,15H,1,6-14H2,2-4H3;1,5-9H,2-3H3;2*1H4. The molecule has 0 heterocycles. The lowest BCUT2D eigenvalue weighted by Crippen LogP contribution is -2.29. The molecular weight excluding hydrogens is 374 g/mol. The van der Waals surface area contributed by atoms with E-state index in [1.165, 1.54) is 50.6 Å². The third-order valence-electron chi connectivity index (χ3n) is 5.47. The van der Waals surface area contributed by atoms with Crippen LogP contribution in [0.15, 0.2) is 59.4 Å². The first-order valence-electron chi connectivity index (χ1n) is 11.6. The van der Waals surface area contributed by atoms with Crippen LogP contribution in [0.3, 0.4) is 0 Å². The third kappa shape index (κ3) is 11.9. The van der Waals surface area contributed by atoms with E-state index in [-0.39, 0.29) is 14.9 Å². The SMILES string of the molecule is C.C.C#CC1=CC(C)=CC(C)C=C1.C=CCCN(CCC)C(=C1CC1)C(CC)CCC. The smallest absolute Gasteiger partial charge is 0.0242 e. The van der Waals surface area contributed by atoms with Crippen LogP contribution in [0.2, 0.25) is 0 Å². The molecule has 1 heteroatoms. The molecule has 2 rings (SSSR count). The molecule has 0 amide bonds. The molecule has 2 unspecified atom stereocenters. The average Bonchev–Trinajstić information content (AvgIpc) is 3.54. The second-order valence-corrected chi connectivity index (χ2v) is 8.32. The van der Waals surface area contributed by atoms with E-state index in [0.717, 1.165) is 24.5 Å². The molecule has 2 aliphatic rings. The Morgan fingerprint density at radius 2 is 1.90 bits per heavy atom. The Bertz CT molecular complexity index is 659. The van der Waals surface area contributed by atoms with Crippen LogP contribution < -0.4 is 0 Å². The van der Waals surface area contributed by atoms with Crippen molar-refractivity contribution in [3.63, 3.8) is 0 Å². The molecule has 0 aromatic heterocycles. The number of allylic oxidation sites excluding steroid dienone is 8. The van der Waals surface area contributed by atoms with Gasteiger partial charge in [0.1, 0.15) is 0 Å². The van der Waals surface area contributed by atoms with Crippen molar-refractivity contribution in [2.45, 2.75) is 94.4 Å². The van der Waals surface area contributed by atoms with Crippen LogP contribution in [0.5, 0.6) is 0 Å². The Morgan fingerprint density at radius 1 is 1.23 bits per heavy atom. The first-order valence-corrected chi connectivity index (χ1v) is 11.6. The van der Waals surface area contributed by atoms with Gasteiger partial charge >= 0.3 is 0 Å². The summed E-state index contributed by atoms with van der Waals surface area (Å²) in [6, 6.07) is 0. The van der Waals surface area contributed by atoms with Crippen LogP contribution in [0.1, 0.15) is 94.4 Å². The Hall–Kier alpha value is -1.94. The zero-order valence-electron chi connectivity index (χ0n) is 19.6. The van der Waals surface area contributed by atoms with Crippen molar-refractivity contribution in [2.24, 2.45) is 11.8 Å². The van der Waals surface area contributed by atoms with E-state index in [1.807, 2.05) is 12.2 Å². The third-order valence-corrected chi connectivity index (χ3v) is 5.47. The minimum absolute atomic E-state index is 0. The van der Waals surface area contributed by atoms with E-state index in [1.54, 1.807) is 11.3 Å². The molecule has 0 radical (unpaired) electrons. The fourth-order valence-electron chi connectivity index (χ4n) is 4.00. The molecule has 0 N–H and O–H groups in total. The maximum Gasteiger partial charge on any atom is 0.0242 e. The lowest BCUT2D eigenvalue weighted by molar-refractivity contribution is 0.292. The maximum absolute atomic E-state index is 5.28. The quantitative estimate of drug-likeness (QED) is 0.249. The Morgan fingerprint density at radius 3 is 2.39 bits per heavy atom. The molecule has 0 bridgehead atoms. The highest BCUT2D eigenvalue weighted by atomic mass is 15.1. The normalized spacial score (nSPS) is 17.2. The van der Waals surface area contributed by atoms with Crippen molar-refractivity contribution >= 4 is 0 Å². The summed E-state index contributed by atoms with van der Waals surface area (Å²) in [6.07, 6.45) is 24.7. The summed E-state index contributed by atoms with van der Waals surface area (Å²) < 4.78 is 0. The van der Waals surface area contributed by atoms with Gasteiger partial charge in [0.15, 0.2) is 0 Å². The van der Waals surface area contributed by atoms with Crippen molar-refractivity contribution in [3.05, 3.63) is 59.4 Å². The van der Waals surface area contributed by atoms with Gasteiger partial charge in [0.25, 0.3) is 0 Å². The Balaban J connectivity index is 0. The summed E-state index contributed by atoms with van der Waals surface area (Å²) in [7, 11) is 0. The lowest BCUT2D eigenvalue weighted by atomic mass is 9.94. The van der Waals surface area contributed by atoms with E-state index in [2.05, 4.69) is 70.2 Å². The monoisotopic (exact) mass is 425 g/mol. The molecule has 0 aliphatic heterocycles. The van der Waals surface area contributed by atoms with E-state index in [4.69, 9.17) is 6.42 Å². The van der Waals surface area contributed by atoms with Crippen molar-refractivity contribution in [1.29, 1.82) is 0 Å². The fourth-order valence-corrected chi connectivity index (χ4v) is 4.00. The van der Waals surface area contributed by atoms with Crippen LogP contribution in [-0.2, 0) is 0 Å². The second kappa shape index (κ2) is 17.7. The highest BCUT2D eigenvalue weighted by molar-refractivity contribution is 5.43. The van der Waals surface area contributed by atoms with Gasteiger partial charge in [0.05, 0.1) is 0 Å². The first-order chi connectivity index (χ1) is 14.0. The molecule has 1 fully saturated rings. The molecule has 0 aromatic rings. The van der Waals surface area contributed by atoms with E-state index < -0.39 is 0 Å². The van der Waals surface area contributed by atoms with Crippen LogP contribution >= 0.6 is 0 Å². The van der Waals surface area contributed by atoms with Gasteiger partial charge in [-0.2, -0.15) is 0 Å². The number of nitrogens with zero attached hydrogens (tertiary/aromatic N) is 1. The Kier molecular flexibility index (Phi) is 17.9. The van der Waals surface area contributed by atoms with Gasteiger partial charge in [-0.15, -0.1) is 13.0 Å². The van der Waals surface area contributed by atoms with Crippen LogP contribution in [0, 0.1) is 24.2 Å². The zero-order valence-corrected chi connectivity index (χ0v) is 19.6. The summed E-state index contributed by atoms with van der Waals surface area (Å²) in [5, 5.41) is 0. The number of terminal acetylenes is 1. The number of rotatable bonds is 10. The summed E-state index contributed by atoms with van der Waals surface area (Å²) in [5.41, 5.74) is 5.66. The predicted molar refractivity (Wildman–Crippen MR) is 144 cm³/mol. The molecule has 2 aliphatic carbocycles. The second-order valence-electron chi connectivity index (χ2n) is 8.32. The fraction of sp³-hybridized carbons (Fsp3) is 0.600. The molecule has 176 valence electrons. The molecule has 1 saturated carbocycles. The van der Waals surface area contributed by atoms with Gasteiger partial charge in [0, 0.05) is 24.4 Å². The van der Waals surface area contributed by atoms with Gasteiger partial charge in [-0.05, 0) is 69.4 Å². The van der Waals surface area contributed by atoms with Crippen LogP contribution in [0.4, 0.5) is 0 Å².